The summed E-state index contributed by atoms with van der Waals surface area (Å²) >= 11 is 0. The van der Waals surface area contributed by atoms with E-state index in [4.69, 9.17) is 0 Å². The Morgan fingerprint density at radius 3 is 2.45 bits per heavy atom. The highest BCUT2D eigenvalue weighted by molar-refractivity contribution is 5.98. The van der Waals surface area contributed by atoms with Crippen molar-refractivity contribution in [1.29, 1.82) is 0 Å². The molecule has 4 rings (SSSR count). The first-order valence-corrected chi connectivity index (χ1v) is 14.4. The van der Waals surface area contributed by atoms with Gasteiger partial charge in [-0.3, -0.25) is 9.59 Å². The molecule has 1 heterocycles. The van der Waals surface area contributed by atoms with Gasteiger partial charge in [-0.05, 0) is 66.5 Å². The molecule has 2 aromatic rings. The van der Waals surface area contributed by atoms with Gasteiger partial charge in [0.1, 0.15) is 5.82 Å². The third kappa shape index (κ3) is 7.68. The minimum atomic E-state index is -4.30. The van der Waals surface area contributed by atoms with Gasteiger partial charge in [0.15, 0.2) is 0 Å². The Morgan fingerprint density at radius 2 is 1.81 bits per heavy atom. The number of allylic oxidation sites excluding steroid dienone is 1. The zero-order valence-corrected chi connectivity index (χ0v) is 24.5. The van der Waals surface area contributed by atoms with E-state index in [2.05, 4.69) is 31.4 Å². The summed E-state index contributed by atoms with van der Waals surface area (Å²) in [5, 5.41) is 5.46. The maximum Gasteiger partial charge on any atom is 0.401 e. The molecule has 1 fully saturated rings. The number of piperidine rings is 1. The van der Waals surface area contributed by atoms with Crippen molar-refractivity contribution in [3.8, 4) is 0 Å². The minimum absolute atomic E-state index is 0.00573. The molecule has 0 aromatic heterocycles. The fraction of sp³-hybridized carbons (Fsp3) is 0.455. The predicted molar refractivity (Wildman–Crippen MR) is 157 cm³/mol. The van der Waals surface area contributed by atoms with Gasteiger partial charge >= 0.3 is 6.18 Å². The molecule has 2 N–H and O–H groups in total. The van der Waals surface area contributed by atoms with Crippen LogP contribution in [0.2, 0.25) is 0 Å². The molecule has 0 bridgehead atoms. The number of nitrogens with one attached hydrogen (secondary N) is 2. The highest BCUT2D eigenvalue weighted by Crippen LogP contribution is 2.36. The number of carbonyl (C=O) groups is 2. The number of carbonyl (C=O) groups excluding carboxylic acids is 2. The first-order valence-electron chi connectivity index (χ1n) is 14.4. The van der Waals surface area contributed by atoms with Gasteiger partial charge in [0.25, 0.3) is 5.91 Å². The van der Waals surface area contributed by atoms with Gasteiger partial charge in [-0.1, -0.05) is 63.3 Å². The van der Waals surface area contributed by atoms with Crippen LogP contribution in [0.1, 0.15) is 61.5 Å². The third-order valence-corrected chi connectivity index (χ3v) is 8.02. The molecule has 0 saturated carbocycles. The van der Waals surface area contributed by atoms with Crippen LogP contribution in [0, 0.1) is 24.6 Å². The molecule has 3 atom stereocenters. The fourth-order valence-corrected chi connectivity index (χ4v) is 5.83. The summed E-state index contributed by atoms with van der Waals surface area (Å²) in [4.78, 5) is 29.3. The lowest BCUT2D eigenvalue weighted by Gasteiger charge is -2.44. The van der Waals surface area contributed by atoms with Crippen LogP contribution in [0.4, 0.5) is 23.2 Å². The van der Waals surface area contributed by atoms with E-state index in [9.17, 15) is 27.2 Å². The Labute approximate surface area is 245 Å². The number of likely N-dealkylation sites (tertiary alicyclic amines) is 1. The lowest BCUT2D eigenvalue weighted by molar-refractivity contribution is -0.124. The van der Waals surface area contributed by atoms with Crippen molar-refractivity contribution in [1.82, 2.24) is 10.2 Å². The van der Waals surface area contributed by atoms with E-state index in [1.165, 1.54) is 6.07 Å². The summed E-state index contributed by atoms with van der Waals surface area (Å²) in [6, 6.07) is 11.6. The average molecular weight is 586 g/mol. The van der Waals surface area contributed by atoms with E-state index >= 15 is 0 Å². The quantitative estimate of drug-likeness (QED) is 0.346. The summed E-state index contributed by atoms with van der Waals surface area (Å²) < 4.78 is 52.7. The lowest BCUT2D eigenvalue weighted by atomic mass is 9.77. The van der Waals surface area contributed by atoms with E-state index in [0.29, 0.717) is 42.6 Å². The van der Waals surface area contributed by atoms with Crippen molar-refractivity contribution in [2.75, 3.05) is 25.0 Å². The van der Waals surface area contributed by atoms with E-state index in [1.54, 1.807) is 30.0 Å². The Morgan fingerprint density at radius 1 is 1.07 bits per heavy atom. The summed E-state index contributed by atoms with van der Waals surface area (Å²) in [5.41, 5.74) is 2.83. The topological polar surface area (TPSA) is 61.4 Å². The molecule has 1 aliphatic carbocycles. The first-order chi connectivity index (χ1) is 19.7. The molecule has 1 saturated heterocycles. The number of hydrogen-bond donors (Lipinski definition) is 2. The number of benzene rings is 2. The van der Waals surface area contributed by atoms with E-state index in [-0.39, 0.29) is 29.3 Å². The minimum Gasteiger partial charge on any atom is -0.334 e. The highest BCUT2D eigenvalue weighted by atomic mass is 19.4. The van der Waals surface area contributed by atoms with Gasteiger partial charge in [-0.2, -0.15) is 13.2 Å². The van der Waals surface area contributed by atoms with Crippen LogP contribution in [-0.4, -0.2) is 48.6 Å². The molecule has 2 aliphatic rings. The predicted octanol–water partition coefficient (Wildman–Crippen LogP) is 6.95. The van der Waals surface area contributed by atoms with Gasteiger partial charge in [-0.25, -0.2) is 4.39 Å². The van der Waals surface area contributed by atoms with Gasteiger partial charge in [0.05, 0.1) is 24.1 Å². The van der Waals surface area contributed by atoms with Gasteiger partial charge in [0, 0.05) is 24.7 Å². The number of amides is 2. The zero-order chi connectivity index (χ0) is 30.7. The number of alkyl halides is 3. The monoisotopic (exact) mass is 585 g/mol. The summed E-state index contributed by atoms with van der Waals surface area (Å²) in [7, 11) is 0. The van der Waals surface area contributed by atoms with Gasteiger partial charge in [0.2, 0.25) is 5.91 Å². The van der Waals surface area contributed by atoms with Gasteiger partial charge in [-0.15, -0.1) is 0 Å². The standard InChI is InChI=1S/C33H39F4N3O2/c1-21-8-5-12-27(34)28(21)31(42)40-17-7-11-26(30(41)39-25-10-6-9-24(18-25)32(2,3)4)29(40)23-15-13-22(14-16-23)19-38-20-33(35,36)37/h5-6,8-10,12-15,18,23,26,29,38H,7,11,16-17,19-20H2,1-4H3,(H,39,41)/t23?,26-,29-/m0/s1. The molecule has 2 aromatic carbocycles. The average Bonchev–Trinajstić information content (AvgIpc) is 2.92. The number of anilines is 1. The second-order valence-corrected chi connectivity index (χ2v) is 12.2. The van der Waals surface area contributed by atoms with Crippen molar-refractivity contribution >= 4 is 17.5 Å². The second kappa shape index (κ2) is 12.8. The Hall–Kier alpha value is -3.46. The molecule has 226 valence electrons. The molecule has 5 nitrogen and oxygen atoms in total. The van der Waals surface area contributed by atoms with Crippen LogP contribution in [0.25, 0.3) is 0 Å². The van der Waals surface area contributed by atoms with Crippen molar-refractivity contribution in [3.05, 3.63) is 88.8 Å². The molecule has 2 amide bonds. The largest absolute Gasteiger partial charge is 0.401 e. The van der Waals surface area contributed by atoms with Crippen molar-refractivity contribution < 1.29 is 27.2 Å². The molecular weight excluding hydrogens is 546 g/mol. The van der Waals surface area contributed by atoms with Crippen molar-refractivity contribution in [2.45, 2.75) is 64.6 Å². The first kappa shape index (κ1) is 31.5. The summed E-state index contributed by atoms with van der Waals surface area (Å²) in [6.07, 6.45) is 2.73. The number of aryl methyl sites for hydroxylation is 1. The Balaban J connectivity index is 1.61. The molecule has 1 unspecified atom stereocenters. The van der Waals surface area contributed by atoms with Crippen molar-refractivity contribution in [2.24, 2.45) is 11.8 Å². The van der Waals surface area contributed by atoms with Gasteiger partial charge < -0.3 is 15.5 Å². The number of nitrogens with zero attached hydrogens (tertiary/aromatic N) is 1. The SMILES string of the molecule is Cc1cccc(F)c1C(=O)N1CCC[C@H](C(=O)Nc2cccc(C(C)(C)C)c2)[C@@H]1C1C=CC(CNCC(F)(F)F)=CC1. The van der Waals surface area contributed by atoms with E-state index in [0.717, 1.165) is 5.56 Å². The normalized spacial score (nSPS) is 21.2. The summed E-state index contributed by atoms with van der Waals surface area (Å²) in [6.45, 7) is 7.30. The molecule has 0 spiro atoms. The second-order valence-electron chi connectivity index (χ2n) is 12.2. The molecule has 9 heteroatoms. The van der Waals surface area contributed by atoms with Crippen LogP contribution in [0.5, 0.6) is 0 Å². The van der Waals surface area contributed by atoms with Crippen LogP contribution in [0.3, 0.4) is 0 Å². The maximum absolute atomic E-state index is 14.9. The smallest absolute Gasteiger partial charge is 0.334 e. The van der Waals surface area contributed by atoms with E-state index < -0.39 is 36.4 Å². The van der Waals surface area contributed by atoms with Crippen LogP contribution in [-0.2, 0) is 10.2 Å². The maximum atomic E-state index is 14.9. The zero-order valence-electron chi connectivity index (χ0n) is 24.5. The number of halogens is 4. The number of rotatable bonds is 7. The van der Waals surface area contributed by atoms with Crippen LogP contribution >= 0.6 is 0 Å². The number of hydrogen-bond acceptors (Lipinski definition) is 3. The Bertz CT molecular complexity index is 1340. The summed E-state index contributed by atoms with van der Waals surface area (Å²) in [5.74, 6) is -2.13. The molecule has 0 radical (unpaired) electrons. The van der Waals surface area contributed by atoms with Crippen LogP contribution in [0.15, 0.2) is 66.3 Å². The highest BCUT2D eigenvalue weighted by Gasteiger charge is 2.43. The lowest BCUT2D eigenvalue weighted by Crippen LogP contribution is -2.55. The molecule has 42 heavy (non-hydrogen) atoms. The Kier molecular flexibility index (Phi) is 9.60. The van der Waals surface area contributed by atoms with Crippen LogP contribution < -0.4 is 10.6 Å². The van der Waals surface area contributed by atoms with E-state index in [1.807, 2.05) is 36.4 Å². The third-order valence-electron chi connectivity index (χ3n) is 8.02. The molecule has 1 aliphatic heterocycles. The van der Waals surface area contributed by atoms with Crippen molar-refractivity contribution in [3.63, 3.8) is 0 Å². The fourth-order valence-electron chi connectivity index (χ4n) is 5.83. The molecular formula is C33H39F4N3O2.